The average molecular weight is 516 g/mol. The van der Waals surface area contributed by atoms with Gasteiger partial charge in [-0.1, -0.05) is 12.1 Å². The maximum absolute atomic E-state index is 13.5. The van der Waals surface area contributed by atoms with Crippen molar-refractivity contribution >= 4 is 28.7 Å². The molecule has 0 spiro atoms. The third kappa shape index (κ3) is 4.40. The fourth-order valence-corrected chi connectivity index (χ4v) is 4.55. The van der Waals surface area contributed by atoms with Gasteiger partial charge in [-0.3, -0.25) is 19.8 Å². The number of nitrogens with two attached hydrogens (primary N) is 2. The van der Waals surface area contributed by atoms with Crippen LogP contribution in [0.2, 0.25) is 0 Å². The summed E-state index contributed by atoms with van der Waals surface area (Å²) < 4.78 is 19.5. The number of hydrazine groups is 1. The van der Waals surface area contributed by atoms with E-state index < -0.39 is 23.2 Å². The lowest BCUT2D eigenvalue weighted by Crippen LogP contribution is -2.51. The van der Waals surface area contributed by atoms with E-state index >= 15 is 0 Å². The van der Waals surface area contributed by atoms with Crippen LogP contribution in [0.25, 0.3) is 33.4 Å². The van der Waals surface area contributed by atoms with Gasteiger partial charge < -0.3 is 20.8 Å². The molecule has 3 aromatic carbocycles. The highest BCUT2D eigenvalue weighted by Gasteiger charge is 2.51. The zero-order valence-electron chi connectivity index (χ0n) is 20.6. The first-order valence-corrected chi connectivity index (χ1v) is 12.0. The van der Waals surface area contributed by atoms with E-state index in [2.05, 4.69) is 16.1 Å². The third-order valence-electron chi connectivity index (χ3n) is 6.82. The van der Waals surface area contributed by atoms with Gasteiger partial charge in [0.05, 0.1) is 5.56 Å². The summed E-state index contributed by atoms with van der Waals surface area (Å²) >= 11 is 0. The van der Waals surface area contributed by atoms with Crippen LogP contribution in [0.5, 0.6) is 0 Å². The minimum absolute atomic E-state index is 0.212. The van der Waals surface area contributed by atoms with E-state index in [1.165, 1.54) is 19.2 Å². The number of halogens is 1. The van der Waals surface area contributed by atoms with Crippen molar-refractivity contribution in [3.05, 3.63) is 83.2 Å². The molecule has 4 aromatic rings. The maximum atomic E-state index is 13.5. The van der Waals surface area contributed by atoms with E-state index in [4.69, 9.17) is 16.0 Å². The Morgan fingerprint density at radius 3 is 2.32 bits per heavy atom. The first-order valence-electron chi connectivity index (χ1n) is 12.0. The molecule has 1 heterocycles. The third-order valence-corrected chi connectivity index (χ3v) is 6.82. The number of amides is 3. The summed E-state index contributed by atoms with van der Waals surface area (Å²) in [6, 6.07) is 16.2. The molecule has 10 heteroatoms. The lowest BCUT2D eigenvalue weighted by atomic mass is 9.95. The Morgan fingerprint density at radius 1 is 0.974 bits per heavy atom. The van der Waals surface area contributed by atoms with E-state index in [1.807, 2.05) is 6.07 Å². The van der Waals surface area contributed by atoms with Gasteiger partial charge in [0.25, 0.3) is 17.7 Å². The molecule has 3 amide bonds. The highest BCUT2D eigenvalue weighted by molar-refractivity contribution is 6.12. The summed E-state index contributed by atoms with van der Waals surface area (Å²) in [6.45, 7) is 0.212. The Labute approximate surface area is 217 Å². The molecule has 0 unspecified atom stereocenters. The quantitative estimate of drug-likeness (QED) is 0.145. The molecule has 7 N–H and O–H groups in total. The molecule has 0 saturated heterocycles. The number of hydrogen-bond acceptors (Lipinski definition) is 6. The van der Waals surface area contributed by atoms with Crippen LogP contribution < -0.4 is 27.6 Å². The van der Waals surface area contributed by atoms with Crippen LogP contribution in [0, 0.1) is 5.82 Å². The maximum Gasteiger partial charge on any atom is 0.259 e. The highest BCUT2D eigenvalue weighted by Crippen LogP contribution is 2.38. The van der Waals surface area contributed by atoms with Crippen molar-refractivity contribution in [1.29, 1.82) is 0 Å². The molecule has 1 aliphatic rings. The average Bonchev–Trinajstić information content (AvgIpc) is 3.63. The van der Waals surface area contributed by atoms with E-state index in [0.29, 0.717) is 57.4 Å². The second-order valence-corrected chi connectivity index (χ2v) is 9.19. The second-order valence-electron chi connectivity index (χ2n) is 9.19. The molecule has 0 bridgehead atoms. The summed E-state index contributed by atoms with van der Waals surface area (Å²) in [6.07, 6.45) is 1.01. The van der Waals surface area contributed by atoms with Crippen LogP contribution in [0.15, 0.2) is 65.1 Å². The summed E-state index contributed by atoms with van der Waals surface area (Å²) in [7, 11) is 1.52. The van der Waals surface area contributed by atoms with E-state index in [1.54, 1.807) is 42.5 Å². The Kier molecular flexibility index (Phi) is 6.43. The number of rotatable bonds is 7. The molecular formula is C28H26FN5O4. The first kappa shape index (κ1) is 25.1. The molecule has 1 saturated carbocycles. The summed E-state index contributed by atoms with van der Waals surface area (Å²) in [4.78, 5) is 38.0. The van der Waals surface area contributed by atoms with E-state index in [-0.39, 0.29) is 12.5 Å². The Hall–Kier alpha value is -4.54. The van der Waals surface area contributed by atoms with Crippen LogP contribution in [0.4, 0.5) is 4.39 Å². The summed E-state index contributed by atoms with van der Waals surface area (Å²) in [5, 5.41) is 5.97. The van der Waals surface area contributed by atoms with Crippen molar-refractivity contribution in [2.75, 3.05) is 7.05 Å². The fourth-order valence-electron chi connectivity index (χ4n) is 4.55. The molecule has 0 aliphatic heterocycles. The number of carbonyl (C=O) groups is 3. The topological polar surface area (TPSA) is 152 Å². The van der Waals surface area contributed by atoms with E-state index in [9.17, 15) is 18.8 Å². The normalized spacial score (nSPS) is 13.7. The van der Waals surface area contributed by atoms with Gasteiger partial charge in [-0.05, 0) is 78.1 Å². The van der Waals surface area contributed by atoms with Crippen LogP contribution in [0.1, 0.15) is 39.1 Å². The summed E-state index contributed by atoms with van der Waals surface area (Å²) in [5.74, 6) is 3.97. The van der Waals surface area contributed by atoms with Crippen molar-refractivity contribution < 1.29 is 23.2 Å². The van der Waals surface area contributed by atoms with Crippen LogP contribution in [0.3, 0.4) is 0 Å². The van der Waals surface area contributed by atoms with Crippen molar-refractivity contribution in [2.45, 2.75) is 24.9 Å². The van der Waals surface area contributed by atoms with Crippen molar-refractivity contribution in [3.63, 3.8) is 0 Å². The molecule has 38 heavy (non-hydrogen) atoms. The van der Waals surface area contributed by atoms with Gasteiger partial charge in [0.2, 0.25) is 0 Å². The number of carbonyl (C=O) groups excluding carboxylic acids is 3. The van der Waals surface area contributed by atoms with Gasteiger partial charge in [-0.15, -0.1) is 0 Å². The highest BCUT2D eigenvalue weighted by atomic mass is 19.1. The minimum Gasteiger partial charge on any atom is -0.455 e. The van der Waals surface area contributed by atoms with Gasteiger partial charge >= 0.3 is 0 Å². The zero-order valence-corrected chi connectivity index (χ0v) is 20.6. The van der Waals surface area contributed by atoms with Crippen LogP contribution >= 0.6 is 0 Å². The lowest BCUT2D eigenvalue weighted by Gasteiger charge is -2.16. The minimum atomic E-state index is -0.993. The van der Waals surface area contributed by atoms with Crippen molar-refractivity contribution in [3.8, 4) is 22.5 Å². The summed E-state index contributed by atoms with van der Waals surface area (Å²) in [5.41, 5.74) is 11.0. The van der Waals surface area contributed by atoms with E-state index in [0.717, 1.165) is 5.56 Å². The number of benzene rings is 3. The second kappa shape index (κ2) is 9.73. The first-order chi connectivity index (χ1) is 18.3. The van der Waals surface area contributed by atoms with Gasteiger partial charge in [0, 0.05) is 30.1 Å². The molecule has 1 fully saturated rings. The molecule has 9 nitrogen and oxygen atoms in total. The SMILES string of the molecule is CNC(=O)c1c(-c2ccc(F)cc2)oc2ccc(-c3cc(C(=O)NC4(C(=O)NN)CC4)ccc3CN)cc12. The number of hydrogen-bond donors (Lipinski definition) is 5. The molecule has 0 radical (unpaired) electrons. The molecule has 194 valence electrons. The van der Waals surface area contributed by atoms with Gasteiger partial charge in [0.1, 0.15) is 22.7 Å². The predicted octanol–water partition coefficient (Wildman–Crippen LogP) is 2.98. The van der Waals surface area contributed by atoms with Crippen molar-refractivity contribution in [2.24, 2.45) is 11.6 Å². The number of furan rings is 1. The van der Waals surface area contributed by atoms with Crippen LogP contribution in [-0.2, 0) is 11.3 Å². The molecular weight excluding hydrogens is 489 g/mol. The van der Waals surface area contributed by atoms with Gasteiger partial charge in [-0.2, -0.15) is 0 Å². The van der Waals surface area contributed by atoms with Crippen molar-refractivity contribution in [1.82, 2.24) is 16.1 Å². The number of fused-ring (bicyclic) bond motifs is 1. The fraction of sp³-hybridized carbons (Fsp3) is 0.179. The standard InChI is InChI=1S/C28H26FN5O4/c1-32-26(36)23-21-12-16(6-9-22(21)38-24(23)15-4-7-19(29)8-5-15)20-13-17(2-3-18(20)14-30)25(35)33-28(10-11-28)27(37)34-31/h2-9,12-13H,10-11,14,30-31H2,1H3,(H,32,36)(H,33,35)(H,34,37). The monoisotopic (exact) mass is 515 g/mol. The molecule has 1 aromatic heterocycles. The van der Waals surface area contributed by atoms with Gasteiger partial charge in [0.15, 0.2) is 0 Å². The Bertz CT molecular complexity index is 1570. The Morgan fingerprint density at radius 2 is 1.68 bits per heavy atom. The largest absolute Gasteiger partial charge is 0.455 e. The van der Waals surface area contributed by atoms with Gasteiger partial charge in [-0.25, -0.2) is 10.2 Å². The molecule has 1 aliphatic carbocycles. The van der Waals surface area contributed by atoms with Crippen LogP contribution in [-0.4, -0.2) is 30.3 Å². The number of nitrogens with one attached hydrogen (secondary N) is 3. The smallest absolute Gasteiger partial charge is 0.259 e. The zero-order chi connectivity index (χ0) is 27.0. The lowest BCUT2D eigenvalue weighted by molar-refractivity contribution is -0.124. The molecule has 0 atom stereocenters. The predicted molar refractivity (Wildman–Crippen MR) is 140 cm³/mol. The Balaban J connectivity index is 1.59. The molecule has 5 rings (SSSR count).